The number of halogens is 1. The lowest BCUT2D eigenvalue weighted by atomic mass is 10.1. The van der Waals surface area contributed by atoms with E-state index in [0.717, 1.165) is 5.39 Å². The van der Waals surface area contributed by atoms with Crippen molar-refractivity contribution in [2.24, 2.45) is 0 Å². The Bertz CT molecular complexity index is 379. The maximum Gasteiger partial charge on any atom is 0.0491 e. The van der Waals surface area contributed by atoms with Crippen LogP contribution in [-0.2, 0) is 0 Å². The summed E-state index contributed by atoms with van der Waals surface area (Å²) in [5, 5.41) is 2.92. The van der Waals surface area contributed by atoms with E-state index in [1.54, 1.807) is 0 Å². The summed E-state index contributed by atoms with van der Waals surface area (Å²) in [6.45, 7) is 0. The van der Waals surface area contributed by atoms with Gasteiger partial charge in [-0.1, -0.05) is 41.9 Å². The van der Waals surface area contributed by atoms with Crippen LogP contribution in [0, 0.1) is 6.07 Å². The van der Waals surface area contributed by atoms with E-state index in [-0.39, 0.29) is 0 Å². The molecule has 2 aromatic rings. The summed E-state index contributed by atoms with van der Waals surface area (Å²) in [7, 11) is 0. The van der Waals surface area contributed by atoms with Crippen LogP contribution in [0.3, 0.4) is 0 Å². The van der Waals surface area contributed by atoms with Crippen LogP contribution in [0.5, 0.6) is 0 Å². The maximum absolute atomic E-state index is 5.76. The van der Waals surface area contributed by atoms with E-state index in [0.29, 0.717) is 5.02 Å². The topological polar surface area (TPSA) is 0 Å². The number of rotatable bonds is 0. The fourth-order valence-electron chi connectivity index (χ4n) is 1.09. The van der Waals surface area contributed by atoms with E-state index in [1.165, 1.54) is 5.39 Å². The normalized spacial score (nSPS) is 10.3. The average molecular weight is 162 g/mol. The van der Waals surface area contributed by atoms with Gasteiger partial charge in [-0.05, 0) is 16.8 Å². The highest BCUT2D eigenvalue weighted by molar-refractivity contribution is 6.31. The third-order valence-corrected chi connectivity index (χ3v) is 1.84. The van der Waals surface area contributed by atoms with Crippen LogP contribution in [0.25, 0.3) is 10.8 Å². The molecule has 0 aromatic heterocycles. The molecule has 0 nitrogen and oxygen atoms in total. The predicted octanol–water partition coefficient (Wildman–Crippen LogP) is 3.29. The summed E-state index contributed by atoms with van der Waals surface area (Å²) in [6.07, 6.45) is 0. The summed E-state index contributed by atoms with van der Waals surface area (Å²) in [6, 6.07) is 14.9. The lowest BCUT2D eigenvalue weighted by Gasteiger charge is -1.94. The zero-order chi connectivity index (χ0) is 7.68. The van der Waals surface area contributed by atoms with E-state index in [2.05, 4.69) is 6.07 Å². The molecule has 2 rings (SSSR count). The standard InChI is InChI=1S/C10H6Cl/c11-10-6-5-8-3-1-2-4-9(8)7-10/h1-6H. The Morgan fingerprint density at radius 2 is 1.82 bits per heavy atom. The number of fused-ring (bicyclic) bond motifs is 1. The molecule has 0 aliphatic carbocycles. The Morgan fingerprint density at radius 3 is 2.73 bits per heavy atom. The summed E-state index contributed by atoms with van der Waals surface area (Å²) in [5.41, 5.74) is 0. The second kappa shape index (κ2) is 2.55. The second-order valence-corrected chi connectivity index (χ2v) is 2.80. The summed E-state index contributed by atoms with van der Waals surface area (Å²) in [5.74, 6) is 0. The smallest absolute Gasteiger partial charge is 0.0491 e. The van der Waals surface area contributed by atoms with Gasteiger partial charge >= 0.3 is 0 Å². The van der Waals surface area contributed by atoms with Crippen molar-refractivity contribution in [3.05, 3.63) is 47.5 Å². The monoisotopic (exact) mass is 161 g/mol. The Morgan fingerprint density at radius 1 is 1.00 bits per heavy atom. The molecule has 11 heavy (non-hydrogen) atoms. The van der Waals surface area contributed by atoms with Crippen molar-refractivity contribution in [3.63, 3.8) is 0 Å². The first kappa shape index (κ1) is 6.68. The largest absolute Gasteiger partial charge is 0.0836 e. The third-order valence-electron chi connectivity index (χ3n) is 1.62. The van der Waals surface area contributed by atoms with Crippen LogP contribution in [-0.4, -0.2) is 0 Å². The lowest BCUT2D eigenvalue weighted by molar-refractivity contribution is 1.74. The summed E-state index contributed by atoms with van der Waals surface area (Å²) in [4.78, 5) is 0. The molecule has 0 atom stereocenters. The SMILES string of the molecule is Clc1[c]c2ccccc2cc1. The zero-order valence-electron chi connectivity index (χ0n) is 5.84. The van der Waals surface area contributed by atoms with Crippen LogP contribution in [0.4, 0.5) is 0 Å². The fraction of sp³-hybridized carbons (Fsp3) is 0. The van der Waals surface area contributed by atoms with Crippen LogP contribution < -0.4 is 0 Å². The fourth-order valence-corrected chi connectivity index (χ4v) is 1.25. The van der Waals surface area contributed by atoms with Gasteiger partial charge in [-0.3, -0.25) is 0 Å². The minimum absolute atomic E-state index is 0.670. The first-order valence-electron chi connectivity index (χ1n) is 3.43. The van der Waals surface area contributed by atoms with Gasteiger partial charge in [0.05, 0.1) is 0 Å². The van der Waals surface area contributed by atoms with Crippen LogP contribution in [0.15, 0.2) is 36.4 Å². The van der Waals surface area contributed by atoms with Gasteiger partial charge in [0.15, 0.2) is 0 Å². The first-order chi connectivity index (χ1) is 5.36. The molecule has 0 saturated carbocycles. The molecular weight excluding hydrogens is 156 g/mol. The van der Waals surface area contributed by atoms with Gasteiger partial charge in [0.1, 0.15) is 0 Å². The Labute approximate surface area is 70.4 Å². The quantitative estimate of drug-likeness (QED) is 0.556. The van der Waals surface area contributed by atoms with Gasteiger partial charge in [-0.15, -0.1) is 0 Å². The lowest BCUT2D eigenvalue weighted by Crippen LogP contribution is -1.70. The summed E-state index contributed by atoms with van der Waals surface area (Å²) < 4.78 is 0. The molecule has 1 radical (unpaired) electrons. The van der Waals surface area contributed by atoms with E-state index < -0.39 is 0 Å². The molecular formula is C10H6Cl. The Balaban J connectivity index is 2.83. The van der Waals surface area contributed by atoms with Crippen molar-refractivity contribution in [1.82, 2.24) is 0 Å². The Hall–Kier alpha value is -1.01. The number of hydrogen-bond donors (Lipinski definition) is 0. The van der Waals surface area contributed by atoms with E-state index in [4.69, 9.17) is 11.6 Å². The van der Waals surface area contributed by atoms with Crippen molar-refractivity contribution < 1.29 is 0 Å². The minimum atomic E-state index is 0.670. The van der Waals surface area contributed by atoms with Gasteiger partial charge in [-0.25, -0.2) is 0 Å². The third kappa shape index (κ3) is 1.22. The summed E-state index contributed by atoms with van der Waals surface area (Å²) >= 11 is 5.76. The van der Waals surface area contributed by atoms with Crippen molar-refractivity contribution in [1.29, 1.82) is 0 Å². The van der Waals surface area contributed by atoms with E-state index in [1.807, 2.05) is 36.4 Å². The molecule has 2 aromatic carbocycles. The van der Waals surface area contributed by atoms with Gasteiger partial charge in [0.25, 0.3) is 0 Å². The van der Waals surface area contributed by atoms with Crippen LogP contribution in [0.2, 0.25) is 5.02 Å². The molecule has 0 unspecified atom stereocenters. The van der Waals surface area contributed by atoms with Crippen LogP contribution >= 0.6 is 11.6 Å². The van der Waals surface area contributed by atoms with Crippen LogP contribution in [0.1, 0.15) is 0 Å². The van der Waals surface area contributed by atoms with Gasteiger partial charge < -0.3 is 0 Å². The van der Waals surface area contributed by atoms with E-state index in [9.17, 15) is 0 Å². The molecule has 0 aliphatic heterocycles. The molecule has 0 aliphatic rings. The van der Waals surface area contributed by atoms with Crippen molar-refractivity contribution in [3.8, 4) is 0 Å². The van der Waals surface area contributed by atoms with Crippen molar-refractivity contribution >= 4 is 22.4 Å². The molecule has 0 fully saturated rings. The maximum atomic E-state index is 5.76. The van der Waals surface area contributed by atoms with Gasteiger partial charge in [0, 0.05) is 11.1 Å². The molecule has 0 bridgehead atoms. The second-order valence-electron chi connectivity index (χ2n) is 2.39. The molecule has 1 heteroatoms. The highest BCUT2D eigenvalue weighted by atomic mass is 35.5. The average Bonchev–Trinajstić information content (AvgIpc) is 2.04. The van der Waals surface area contributed by atoms with Gasteiger partial charge in [-0.2, -0.15) is 0 Å². The molecule has 0 spiro atoms. The first-order valence-corrected chi connectivity index (χ1v) is 3.80. The molecule has 0 N–H and O–H groups in total. The highest BCUT2D eigenvalue weighted by Gasteiger charge is 1.91. The molecule has 0 saturated heterocycles. The van der Waals surface area contributed by atoms with Crippen molar-refractivity contribution in [2.45, 2.75) is 0 Å². The van der Waals surface area contributed by atoms with Crippen molar-refractivity contribution in [2.75, 3.05) is 0 Å². The Kier molecular flexibility index (Phi) is 1.55. The van der Waals surface area contributed by atoms with Gasteiger partial charge in [0.2, 0.25) is 0 Å². The minimum Gasteiger partial charge on any atom is -0.0836 e. The van der Waals surface area contributed by atoms with E-state index >= 15 is 0 Å². The molecule has 0 amide bonds. The molecule has 53 valence electrons. The molecule has 0 heterocycles. The predicted molar refractivity (Wildman–Crippen MR) is 47.8 cm³/mol. The highest BCUT2D eigenvalue weighted by Crippen LogP contribution is 2.17. The number of benzene rings is 2. The zero-order valence-corrected chi connectivity index (χ0v) is 6.60. The number of hydrogen-bond acceptors (Lipinski definition) is 0.